The number of amides is 1. The van der Waals surface area contributed by atoms with Gasteiger partial charge >= 0.3 is 0 Å². The first kappa shape index (κ1) is 18.0. The fourth-order valence-electron chi connectivity index (χ4n) is 2.55. The molecule has 124 valence electrons. The van der Waals surface area contributed by atoms with E-state index < -0.39 is 0 Å². The van der Waals surface area contributed by atoms with Crippen LogP contribution < -0.4 is 5.32 Å². The van der Waals surface area contributed by atoms with Crippen LogP contribution >= 0.6 is 22.6 Å². The fraction of sp³-hybridized carbons (Fsp3) is 0.444. The van der Waals surface area contributed by atoms with E-state index in [4.69, 9.17) is 0 Å². The lowest BCUT2D eigenvalue weighted by Crippen LogP contribution is -2.29. The second-order valence-corrected chi connectivity index (χ2v) is 7.07. The standard InChI is InChI=1S/C18H24IN3O/c1-5-12(3)13-7-9-14(10-8-13)16(6-2)20-18(23)17-15(19)11-22(4)21-17/h7-12,16H,5-6H2,1-4H3,(H,20,23). The molecule has 0 aliphatic heterocycles. The summed E-state index contributed by atoms with van der Waals surface area (Å²) >= 11 is 2.14. The average molecular weight is 425 g/mol. The third-order valence-electron chi connectivity index (χ3n) is 4.23. The van der Waals surface area contributed by atoms with E-state index in [0.717, 1.165) is 22.0 Å². The highest BCUT2D eigenvalue weighted by molar-refractivity contribution is 14.1. The minimum atomic E-state index is -0.118. The molecule has 2 atom stereocenters. The molecule has 0 aliphatic rings. The number of hydrogen-bond acceptors (Lipinski definition) is 2. The number of aromatic nitrogens is 2. The van der Waals surface area contributed by atoms with Crippen LogP contribution in [0.3, 0.4) is 0 Å². The molecule has 2 aromatic rings. The molecule has 0 aliphatic carbocycles. The number of hydrogen-bond donors (Lipinski definition) is 1. The Kier molecular flexibility index (Phi) is 6.21. The maximum absolute atomic E-state index is 12.5. The molecule has 5 heteroatoms. The van der Waals surface area contributed by atoms with Gasteiger partial charge in [-0.1, -0.05) is 45.0 Å². The lowest BCUT2D eigenvalue weighted by atomic mass is 9.95. The topological polar surface area (TPSA) is 46.9 Å². The molecule has 0 bridgehead atoms. The minimum absolute atomic E-state index is 0.00582. The summed E-state index contributed by atoms with van der Waals surface area (Å²) in [6.45, 7) is 6.51. The average Bonchev–Trinajstić information content (AvgIpc) is 2.90. The summed E-state index contributed by atoms with van der Waals surface area (Å²) in [4.78, 5) is 12.5. The lowest BCUT2D eigenvalue weighted by molar-refractivity contribution is 0.0929. The summed E-state index contributed by atoms with van der Waals surface area (Å²) in [6, 6.07) is 8.59. The first-order chi connectivity index (χ1) is 11.0. The number of nitrogens with zero attached hydrogens (tertiary/aromatic N) is 2. The van der Waals surface area contributed by atoms with Gasteiger partial charge in [0.15, 0.2) is 5.69 Å². The molecule has 1 aromatic carbocycles. The van der Waals surface area contributed by atoms with Crippen LogP contribution in [0.4, 0.5) is 0 Å². The maximum atomic E-state index is 12.5. The zero-order chi connectivity index (χ0) is 17.0. The highest BCUT2D eigenvalue weighted by atomic mass is 127. The fourth-order valence-corrected chi connectivity index (χ4v) is 3.31. The normalized spacial score (nSPS) is 13.6. The van der Waals surface area contributed by atoms with Gasteiger partial charge in [0.05, 0.1) is 9.61 Å². The van der Waals surface area contributed by atoms with Crippen LogP contribution in [0.25, 0.3) is 0 Å². The number of halogens is 1. The summed E-state index contributed by atoms with van der Waals surface area (Å²) in [5.74, 6) is 0.446. The van der Waals surface area contributed by atoms with Crippen molar-refractivity contribution in [2.75, 3.05) is 0 Å². The van der Waals surface area contributed by atoms with Crippen LogP contribution in [0.1, 0.15) is 67.2 Å². The maximum Gasteiger partial charge on any atom is 0.273 e. The van der Waals surface area contributed by atoms with E-state index in [1.54, 1.807) is 4.68 Å². The van der Waals surface area contributed by atoms with Crippen LogP contribution in [0.5, 0.6) is 0 Å². The molecule has 0 saturated heterocycles. The molecule has 0 radical (unpaired) electrons. The molecule has 2 rings (SSSR count). The van der Waals surface area contributed by atoms with E-state index in [1.165, 1.54) is 5.56 Å². The van der Waals surface area contributed by atoms with Gasteiger partial charge in [-0.25, -0.2) is 0 Å². The monoisotopic (exact) mass is 425 g/mol. The van der Waals surface area contributed by atoms with Gasteiger partial charge in [-0.05, 0) is 52.5 Å². The zero-order valence-corrected chi connectivity index (χ0v) is 16.3. The van der Waals surface area contributed by atoms with E-state index in [0.29, 0.717) is 11.6 Å². The summed E-state index contributed by atoms with van der Waals surface area (Å²) in [5, 5.41) is 7.33. The van der Waals surface area contributed by atoms with Crippen LogP contribution in [0.2, 0.25) is 0 Å². The van der Waals surface area contributed by atoms with E-state index >= 15 is 0 Å². The summed E-state index contributed by atoms with van der Waals surface area (Å²) in [5.41, 5.74) is 2.97. The zero-order valence-electron chi connectivity index (χ0n) is 14.1. The Labute approximate surface area is 151 Å². The Morgan fingerprint density at radius 3 is 2.30 bits per heavy atom. The Bertz CT molecular complexity index is 663. The van der Waals surface area contributed by atoms with Crippen LogP contribution in [-0.4, -0.2) is 15.7 Å². The summed E-state index contributed by atoms with van der Waals surface area (Å²) in [7, 11) is 1.82. The summed E-state index contributed by atoms with van der Waals surface area (Å²) < 4.78 is 2.53. The number of rotatable bonds is 6. The van der Waals surface area contributed by atoms with Crippen molar-refractivity contribution in [1.29, 1.82) is 0 Å². The van der Waals surface area contributed by atoms with Gasteiger partial charge in [0, 0.05) is 13.2 Å². The molecule has 23 heavy (non-hydrogen) atoms. The third kappa shape index (κ3) is 4.34. The Morgan fingerprint density at radius 2 is 1.83 bits per heavy atom. The molecule has 0 spiro atoms. The van der Waals surface area contributed by atoms with Crippen molar-refractivity contribution < 1.29 is 4.79 Å². The molecule has 1 heterocycles. The van der Waals surface area contributed by atoms with Gasteiger partial charge in [0.2, 0.25) is 0 Å². The molecule has 0 saturated carbocycles. The third-order valence-corrected chi connectivity index (χ3v) is 5.02. The van der Waals surface area contributed by atoms with Crippen molar-refractivity contribution in [3.05, 3.63) is 50.9 Å². The molecule has 2 unspecified atom stereocenters. The van der Waals surface area contributed by atoms with Gasteiger partial charge in [0.25, 0.3) is 5.91 Å². The number of benzene rings is 1. The van der Waals surface area contributed by atoms with Crippen LogP contribution in [-0.2, 0) is 7.05 Å². The van der Waals surface area contributed by atoms with Gasteiger partial charge in [-0.3, -0.25) is 9.48 Å². The molecular formula is C18H24IN3O. The van der Waals surface area contributed by atoms with Crippen molar-refractivity contribution in [3.63, 3.8) is 0 Å². The predicted octanol–water partition coefficient (Wildman–Crippen LogP) is 4.42. The van der Waals surface area contributed by atoms with Crippen molar-refractivity contribution >= 4 is 28.5 Å². The molecular weight excluding hydrogens is 401 g/mol. The van der Waals surface area contributed by atoms with Crippen molar-refractivity contribution in [2.24, 2.45) is 7.05 Å². The minimum Gasteiger partial charge on any atom is -0.344 e. The second-order valence-electron chi connectivity index (χ2n) is 5.91. The van der Waals surface area contributed by atoms with Gasteiger partial charge < -0.3 is 5.32 Å². The van der Waals surface area contributed by atoms with Crippen LogP contribution in [0.15, 0.2) is 30.5 Å². The number of carbonyl (C=O) groups is 1. The lowest BCUT2D eigenvalue weighted by Gasteiger charge is -2.18. The summed E-state index contributed by atoms with van der Waals surface area (Å²) in [6.07, 6.45) is 3.82. The molecule has 1 N–H and O–H groups in total. The number of aryl methyl sites for hydroxylation is 1. The van der Waals surface area contributed by atoms with E-state index in [1.807, 2.05) is 13.2 Å². The first-order valence-electron chi connectivity index (χ1n) is 8.06. The van der Waals surface area contributed by atoms with E-state index in [-0.39, 0.29) is 11.9 Å². The van der Waals surface area contributed by atoms with Gasteiger partial charge in [0.1, 0.15) is 0 Å². The second kappa shape index (κ2) is 7.95. The Hall–Kier alpha value is -1.37. The Balaban J connectivity index is 2.13. The van der Waals surface area contributed by atoms with Crippen molar-refractivity contribution in [1.82, 2.24) is 15.1 Å². The van der Waals surface area contributed by atoms with Crippen LogP contribution in [0, 0.1) is 3.57 Å². The van der Waals surface area contributed by atoms with Gasteiger partial charge in [-0.2, -0.15) is 5.10 Å². The van der Waals surface area contributed by atoms with Gasteiger partial charge in [-0.15, -0.1) is 0 Å². The number of carbonyl (C=O) groups excluding carboxylic acids is 1. The van der Waals surface area contributed by atoms with Crippen molar-refractivity contribution in [2.45, 2.75) is 45.6 Å². The highest BCUT2D eigenvalue weighted by Crippen LogP contribution is 2.23. The van der Waals surface area contributed by atoms with Crippen molar-refractivity contribution in [3.8, 4) is 0 Å². The number of nitrogens with one attached hydrogen (secondary N) is 1. The predicted molar refractivity (Wildman–Crippen MR) is 102 cm³/mol. The highest BCUT2D eigenvalue weighted by Gasteiger charge is 2.19. The molecule has 1 aromatic heterocycles. The smallest absolute Gasteiger partial charge is 0.273 e. The first-order valence-corrected chi connectivity index (χ1v) is 9.14. The van der Waals surface area contributed by atoms with E-state index in [9.17, 15) is 4.79 Å². The molecule has 4 nitrogen and oxygen atoms in total. The molecule has 1 amide bonds. The largest absolute Gasteiger partial charge is 0.344 e. The SMILES string of the molecule is CCC(C)c1ccc(C(CC)NC(=O)c2nn(C)cc2I)cc1. The molecule has 0 fully saturated rings. The quantitative estimate of drug-likeness (QED) is 0.697. The Morgan fingerprint density at radius 1 is 1.22 bits per heavy atom. The van der Waals surface area contributed by atoms with E-state index in [2.05, 4.69) is 78.0 Å².